The Hall–Kier alpha value is -2.84. The van der Waals surface area contributed by atoms with Gasteiger partial charge in [0.2, 0.25) is 5.91 Å². The topological polar surface area (TPSA) is 93.6 Å². The number of nitrogens with two attached hydrogens (primary N) is 1. The van der Waals surface area contributed by atoms with Gasteiger partial charge in [0.25, 0.3) is 6.01 Å². The van der Waals surface area contributed by atoms with E-state index in [1.54, 1.807) is 25.3 Å². The Labute approximate surface area is 171 Å². The monoisotopic (exact) mass is 444 g/mol. The van der Waals surface area contributed by atoms with Gasteiger partial charge in [-0.25, -0.2) is 4.98 Å². The number of likely N-dealkylation sites (N-methyl/N-ethyl adjacent to an activating group) is 1. The van der Waals surface area contributed by atoms with E-state index in [0.29, 0.717) is 24.1 Å². The van der Waals surface area contributed by atoms with E-state index in [1.165, 1.54) is 0 Å². The zero-order chi connectivity index (χ0) is 20.1. The van der Waals surface area contributed by atoms with E-state index in [0.717, 1.165) is 21.3 Å². The number of hydrogen-bond acceptors (Lipinski definition) is 6. The van der Waals surface area contributed by atoms with Crippen molar-refractivity contribution in [3.05, 3.63) is 58.7 Å². The highest BCUT2D eigenvalue weighted by Crippen LogP contribution is 2.31. The minimum absolute atomic E-state index is 0.0221. The number of rotatable bonds is 7. The molecule has 3 aromatic rings. The van der Waals surface area contributed by atoms with Gasteiger partial charge < -0.3 is 25.1 Å². The number of ether oxygens (including phenoxy) is 1. The molecule has 0 aliphatic rings. The highest BCUT2D eigenvalue weighted by atomic mass is 79.9. The first-order valence-corrected chi connectivity index (χ1v) is 9.39. The zero-order valence-electron chi connectivity index (χ0n) is 15.6. The van der Waals surface area contributed by atoms with Gasteiger partial charge in [-0.15, -0.1) is 0 Å². The summed E-state index contributed by atoms with van der Waals surface area (Å²) in [6.45, 7) is 0.408. The maximum atomic E-state index is 11.8. The normalized spacial score (nSPS) is 10.6. The Balaban J connectivity index is 1.82. The van der Waals surface area contributed by atoms with Gasteiger partial charge in [-0.2, -0.15) is 0 Å². The summed E-state index contributed by atoms with van der Waals surface area (Å²) in [7, 11) is 3.33. The molecule has 1 amide bonds. The molecule has 0 saturated carbocycles. The lowest BCUT2D eigenvalue weighted by atomic mass is 10.1. The lowest BCUT2D eigenvalue weighted by Gasteiger charge is -2.17. The van der Waals surface area contributed by atoms with Crippen molar-refractivity contribution in [2.75, 3.05) is 26.0 Å². The van der Waals surface area contributed by atoms with Gasteiger partial charge in [0.15, 0.2) is 5.76 Å². The van der Waals surface area contributed by atoms with E-state index in [9.17, 15) is 4.79 Å². The van der Waals surface area contributed by atoms with Crippen LogP contribution >= 0.6 is 15.9 Å². The molecule has 3 N–H and O–H groups in total. The van der Waals surface area contributed by atoms with E-state index in [4.69, 9.17) is 14.9 Å². The standard InChI is InChI=1S/C20H21BrN4O3/c1-25(19(26)10-22)12-13-5-3-4-6-15(13)18-11-23-20(28-18)24-14-7-8-16(21)17(9-14)27-2/h3-9,11H,10,12,22H2,1-2H3,(H,23,24). The van der Waals surface area contributed by atoms with Crippen LogP contribution in [0.5, 0.6) is 5.75 Å². The number of carbonyl (C=O) groups is 1. The van der Waals surface area contributed by atoms with Crippen molar-refractivity contribution in [2.45, 2.75) is 6.54 Å². The van der Waals surface area contributed by atoms with E-state index in [1.807, 2.05) is 42.5 Å². The van der Waals surface area contributed by atoms with Crippen LogP contribution in [0, 0.1) is 0 Å². The molecule has 0 spiro atoms. The molecule has 3 rings (SSSR count). The molecule has 0 atom stereocenters. The number of nitrogens with one attached hydrogen (secondary N) is 1. The Bertz CT molecular complexity index is 974. The summed E-state index contributed by atoms with van der Waals surface area (Å²) in [5, 5.41) is 3.12. The Morgan fingerprint density at radius 3 is 2.86 bits per heavy atom. The fourth-order valence-corrected chi connectivity index (χ4v) is 3.12. The van der Waals surface area contributed by atoms with Gasteiger partial charge >= 0.3 is 0 Å². The predicted molar refractivity (Wildman–Crippen MR) is 111 cm³/mol. The molecule has 0 radical (unpaired) electrons. The first-order chi connectivity index (χ1) is 13.5. The third-order valence-corrected chi connectivity index (χ3v) is 4.85. The number of halogens is 1. The SMILES string of the molecule is COc1cc(Nc2ncc(-c3ccccc3CN(C)C(=O)CN)o2)ccc1Br. The molecule has 0 saturated heterocycles. The van der Waals surface area contributed by atoms with Crippen LogP contribution in [0.4, 0.5) is 11.7 Å². The van der Waals surface area contributed by atoms with E-state index in [2.05, 4.69) is 26.2 Å². The first-order valence-electron chi connectivity index (χ1n) is 8.60. The maximum absolute atomic E-state index is 11.8. The number of amides is 1. The second-order valence-electron chi connectivity index (χ2n) is 6.12. The van der Waals surface area contributed by atoms with Crippen molar-refractivity contribution in [3.8, 4) is 17.1 Å². The molecule has 2 aromatic carbocycles. The van der Waals surface area contributed by atoms with E-state index < -0.39 is 0 Å². The van der Waals surface area contributed by atoms with Crippen LogP contribution in [-0.2, 0) is 11.3 Å². The molecule has 28 heavy (non-hydrogen) atoms. The number of anilines is 2. The molecular formula is C20H21BrN4O3. The highest BCUT2D eigenvalue weighted by molar-refractivity contribution is 9.10. The van der Waals surface area contributed by atoms with Crippen molar-refractivity contribution in [1.82, 2.24) is 9.88 Å². The summed E-state index contributed by atoms with van der Waals surface area (Å²) >= 11 is 3.43. The average Bonchev–Trinajstić information content (AvgIpc) is 3.17. The van der Waals surface area contributed by atoms with Crippen LogP contribution in [0.3, 0.4) is 0 Å². The average molecular weight is 445 g/mol. The number of nitrogens with zero attached hydrogens (tertiary/aromatic N) is 2. The van der Waals surface area contributed by atoms with Gasteiger partial charge in [0, 0.05) is 30.9 Å². The highest BCUT2D eigenvalue weighted by Gasteiger charge is 2.14. The van der Waals surface area contributed by atoms with Crippen LogP contribution in [0.1, 0.15) is 5.56 Å². The van der Waals surface area contributed by atoms with Crippen LogP contribution in [0.15, 0.2) is 57.6 Å². The molecule has 0 unspecified atom stereocenters. The number of methoxy groups -OCH3 is 1. The lowest BCUT2D eigenvalue weighted by Crippen LogP contribution is -2.32. The second kappa shape index (κ2) is 8.90. The van der Waals surface area contributed by atoms with Crippen molar-refractivity contribution in [3.63, 3.8) is 0 Å². The summed E-state index contributed by atoms with van der Waals surface area (Å²) in [5.74, 6) is 1.18. The minimum atomic E-state index is -0.126. The summed E-state index contributed by atoms with van der Waals surface area (Å²) in [5.41, 5.74) is 8.04. The van der Waals surface area contributed by atoms with Crippen LogP contribution in [-0.4, -0.2) is 36.5 Å². The van der Waals surface area contributed by atoms with Crippen LogP contribution < -0.4 is 15.8 Å². The summed E-state index contributed by atoms with van der Waals surface area (Å²) in [6, 6.07) is 13.7. The quantitative estimate of drug-likeness (QED) is 0.575. The predicted octanol–water partition coefficient (Wildman–Crippen LogP) is 3.77. The van der Waals surface area contributed by atoms with Crippen molar-refractivity contribution < 1.29 is 13.9 Å². The molecule has 1 aromatic heterocycles. The number of benzene rings is 2. The van der Waals surface area contributed by atoms with Crippen molar-refractivity contribution in [2.24, 2.45) is 5.73 Å². The van der Waals surface area contributed by atoms with Crippen LogP contribution in [0.2, 0.25) is 0 Å². The van der Waals surface area contributed by atoms with Gasteiger partial charge in [-0.3, -0.25) is 4.79 Å². The number of hydrogen-bond donors (Lipinski definition) is 2. The smallest absolute Gasteiger partial charge is 0.299 e. The minimum Gasteiger partial charge on any atom is -0.495 e. The van der Waals surface area contributed by atoms with E-state index >= 15 is 0 Å². The second-order valence-corrected chi connectivity index (χ2v) is 6.97. The number of carbonyl (C=O) groups excluding carboxylic acids is 1. The molecule has 0 bridgehead atoms. The Morgan fingerprint density at radius 1 is 1.32 bits per heavy atom. The third-order valence-electron chi connectivity index (χ3n) is 4.20. The van der Waals surface area contributed by atoms with Gasteiger partial charge in [0.1, 0.15) is 5.75 Å². The van der Waals surface area contributed by atoms with Gasteiger partial charge in [-0.1, -0.05) is 24.3 Å². The molecule has 146 valence electrons. The Morgan fingerprint density at radius 2 is 2.11 bits per heavy atom. The largest absolute Gasteiger partial charge is 0.495 e. The fourth-order valence-electron chi connectivity index (χ4n) is 2.72. The summed E-state index contributed by atoms with van der Waals surface area (Å²) in [6.07, 6.45) is 1.65. The maximum Gasteiger partial charge on any atom is 0.299 e. The molecule has 7 nitrogen and oxygen atoms in total. The zero-order valence-corrected chi connectivity index (χ0v) is 17.2. The van der Waals surface area contributed by atoms with Gasteiger partial charge in [0.05, 0.1) is 24.3 Å². The molecule has 8 heteroatoms. The molecule has 0 fully saturated rings. The third kappa shape index (κ3) is 4.52. The molecule has 0 aliphatic heterocycles. The summed E-state index contributed by atoms with van der Waals surface area (Å²) in [4.78, 5) is 17.7. The summed E-state index contributed by atoms with van der Waals surface area (Å²) < 4.78 is 12.0. The van der Waals surface area contributed by atoms with Crippen LogP contribution in [0.25, 0.3) is 11.3 Å². The number of oxazole rings is 1. The molecular weight excluding hydrogens is 424 g/mol. The molecule has 1 heterocycles. The van der Waals surface area contributed by atoms with Gasteiger partial charge in [-0.05, 0) is 33.6 Å². The first kappa shape index (κ1) is 19.9. The van der Waals surface area contributed by atoms with Crippen molar-refractivity contribution >= 4 is 33.5 Å². The lowest BCUT2D eigenvalue weighted by molar-refractivity contribution is -0.128. The van der Waals surface area contributed by atoms with E-state index in [-0.39, 0.29) is 12.5 Å². The fraction of sp³-hybridized carbons (Fsp3) is 0.200. The number of aromatic nitrogens is 1. The molecule has 0 aliphatic carbocycles. The van der Waals surface area contributed by atoms with Crippen molar-refractivity contribution in [1.29, 1.82) is 0 Å². The Kier molecular flexibility index (Phi) is 6.33.